The van der Waals surface area contributed by atoms with E-state index in [-0.39, 0.29) is 12.3 Å². The molecule has 1 aromatic heterocycles. The highest BCUT2D eigenvalue weighted by molar-refractivity contribution is 9.10. The van der Waals surface area contributed by atoms with Crippen LogP contribution in [0.15, 0.2) is 46.3 Å². The van der Waals surface area contributed by atoms with E-state index in [9.17, 15) is 4.79 Å². The second-order valence-electron chi connectivity index (χ2n) is 4.14. The molecule has 2 aromatic rings. The lowest BCUT2D eigenvalue weighted by Gasteiger charge is -2.13. The molecule has 94 valence electrons. The quantitative estimate of drug-likeness (QED) is 0.889. The monoisotopic (exact) mass is 324 g/mol. The first-order valence-corrected chi connectivity index (χ1v) is 7.32. The number of carboxylic acid groups (broad SMARTS) is 1. The fourth-order valence-corrected chi connectivity index (χ4v) is 3.23. The molecule has 2 nitrogen and oxygen atoms in total. The molecule has 18 heavy (non-hydrogen) atoms. The van der Waals surface area contributed by atoms with Crippen LogP contribution in [0.1, 0.15) is 22.8 Å². The molecule has 0 spiro atoms. The van der Waals surface area contributed by atoms with Crippen molar-refractivity contribution in [2.75, 3.05) is 0 Å². The molecule has 1 N–H and O–H groups in total. The molecule has 0 radical (unpaired) electrons. The average Bonchev–Trinajstić information content (AvgIpc) is 2.80. The summed E-state index contributed by atoms with van der Waals surface area (Å²) < 4.78 is 1.03. The van der Waals surface area contributed by atoms with Gasteiger partial charge in [0.1, 0.15) is 0 Å². The summed E-state index contributed by atoms with van der Waals surface area (Å²) in [4.78, 5) is 12.1. The molecule has 0 bridgehead atoms. The highest BCUT2D eigenvalue weighted by Crippen LogP contribution is 2.28. The summed E-state index contributed by atoms with van der Waals surface area (Å²) in [5.41, 5.74) is 1.16. The summed E-state index contributed by atoms with van der Waals surface area (Å²) in [7, 11) is 0. The molecular weight excluding hydrogens is 312 g/mol. The van der Waals surface area contributed by atoms with Crippen molar-refractivity contribution < 1.29 is 9.90 Å². The van der Waals surface area contributed by atoms with Crippen molar-refractivity contribution in [3.05, 3.63) is 56.7 Å². The number of hydrogen-bond donors (Lipinski definition) is 1. The number of benzene rings is 1. The predicted molar refractivity (Wildman–Crippen MR) is 77.2 cm³/mol. The highest BCUT2D eigenvalue weighted by Gasteiger charge is 2.17. The molecule has 0 aliphatic heterocycles. The third-order valence-corrected chi connectivity index (χ3v) is 4.27. The Kier molecular flexibility index (Phi) is 4.55. The van der Waals surface area contributed by atoms with Gasteiger partial charge in [-0.2, -0.15) is 0 Å². The van der Waals surface area contributed by atoms with Crippen molar-refractivity contribution in [3.63, 3.8) is 0 Å². The van der Waals surface area contributed by atoms with Crippen LogP contribution in [0.4, 0.5) is 0 Å². The smallest absolute Gasteiger partial charge is 0.304 e. The van der Waals surface area contributed by atoms with Gasteiger partial charge in [-0.25, -0.2) is 0 Å². The minimum atomic E-state index is -0.747. The fraction of sp³-hybridized carbons (Fsp3) is 0.214. The number of halogens is 1. The van der Waals surface area contributed by atoms with Crippen molar-refractivity contribution in [3.8, 4) is 0 Å². The molecule has 4 heteroatoms. The Hall–Kier alpha value is -1.13. The largest absolute Gasteiger partial charge is 0.481 e. The molecule has 1 heterocycles. The summed E-state index contributed by atoms with van der Waals surface area (Å²) in [6.45, 7) is 0. The van der Waals surface area contributed by atoms with Crippen LogP contribution >= 0.6 is 27.3 Å². The van der Waals surface area contributed by atoms with E-state index in [1.807, 2.05) is 41.8 Å². The highest BCUT2D eigenvalue weighted by atomic mass is 79.9. The Labute approximate surface area is 118 Å². The first kappa shape index (κ1) is 13.3. The zero-order valence-electron chi connectivity index (χ0n) is 9.67. The first-order valence-electron chi connectivity index (χ1n) is 5.65. The average molecular weight is 325 g/mol. The summed E-state index contributed by atoms with van der Waals surface area (Å²) in [5, 5.41) is 11.0. The van der Waals surface area contributed by atoms with Crippen molar-refractivity contribution in [2.45, 2.75) is 18.8 Å². The van der Waals surface area contributed by atoms with E-state index < -0.39 is 5.97 Å². The SMILES string of the molecule is O=C(O)CC(Cc1cccc(Br)c1)c1cccs1. The van der Waals surface area contributed by atoms with Crippen LogP contribution in [0.2, 0.25) is 0 Å². The molecule has 1 atom stereocenters. The number of carbonyl (C=O) groups is 1. The van der Waals surface area contributed by atoms with Crippen LogP contribution in [0, 0.1) is 0 Å². The van der Waals surface area contributed by atoms with Crippen LogP contribution in [0.5, 0.6) is 0 Å². The topological polar surface area (TPSA) is 37.3 Å². The molecule has 0 aliphatic carbocycles. The van der Waals surface area contributed by atoms with Gasteiger partial charge in [-0.1, -0.05) is 34.1 Å². The molecule has 0 saturated carbocycles. The van der Waals surface area contributed by atoms with E-state index in [2.05, 4.69) is 15.9 Å². The lowest BCUT2D eigenvalue weighted by molar-refractivity contribution is -0.137. The Morgan fingerprint density at radius 2 is 2.17 bits per heavy atom. The first-order chi connectivity index (χ1) is 8.65. The van der Waals surface area contributed by atoms with E-state index in [1.54, 1.807) is 11.3 Å². The zero-order valence-corrected chi connectivity index (χ0v) is 12.1. The van der Waals surface area contributed by atoms with Gasteiger partial charge in [0, 0.05) is 15.3 Å². The van der Waals surface area contributed by atoms with Crippen LogP contribution in [-0.2, 0) is 11.2 Å². The van der Waals surface area contributed by atoms with Crippen LogP contribution in [0.3, 0.4) is 0 Å². The van der Waals surface area contributed by atoms with Gasteiger partial charge >= 0.3 is 5.97 Å². The molecule has 2 rings (SSSR count). The van der Waals surface area contributed by atoms with Crippen molar-refractivity contribution in [1.29, 1.82) is 0 Å². The number of thiophene rings is 1. The summed E-state index contributed by atoms with van der Waals surface area (Å²) in [6, 6.07) is 12.0. The van der Waals surface area contributed by atoms with E-state index in [0.29, 0.717) is 0 Å². The van der Waals surface area contributed by atoms with Crippen LogP contribution < -0.4 is 0 Å². The molecule has 0 fully saturated rings. The van der Waals surface area contributed by atoms with E-state index in [1.165, 1.54) is 0 Å². The van der Waals surface area contributed by atoms with Gasteiger partial charge in [0.2, 0.25) is 0 Å². The standard InChI is InChI=1S/C14H13BrO2S/c15-12-4-1-3-10(8-12)7-11(9-14(16)17)13-5-2-6-18-13/h1-6,8,11H,7,9H2,(H,16,17). The lowest BCUT2D eigenvalue weighted by Crippen LogP contribution is -2.08. The molecule has 0 saturated heterocycles. The summed E-state index contributed by atoms with van der Waals surface area (Å²) in [6.07, 6.45) is 0.930. The van der Waals surface area contributed by atoms with Gasteiger partial charge in [0.05, 0.1) is 6.42 Å². The van der Waals surface area contributed by atoms with E-state index in [0.717, 1.165) is 21.3 Å². The van der Waals surface area contributed by atoms with Gasteiger partial charge in [-0.15, -0.1) is 11.3 Å². The van der Waals surface area contributed by atoms with Crippen molar-refractivity contribution in [1.82, 2.24) is 0 Å². The molecular formula is C14H13BrO2S. The summed E-state index contributed by atoms with van der Waals surface area (Å²) in [5.74, 6) is -0.694. The third kappa shape index (κ3) is 3.68. The second-order valence-corrected chi connectivity index (χ2v) is 6.04. The second kappa shape index (κ2) is 6.16. The van der Waals surface area contributed by atoms with Crippen molar-refractivity contribution >= 4 is 33.2 Å². The van der Waals surface area contributed by atoms with Gasteiger partial charge in [0.25, 0.3) is 0 Å². The zero-order chi connectivity index (χ0) is 13.0. The molecule has 1 aromatic carbocycles. The Morgan fingerprint density at radius 1 is 1.33 bits per heavy atom. The number of hydrogen-bond acceptors (Lipinski definition) is 2. The van der Waals surface area contributed by atoms with Gasteiger partial charge < -0.3 is 5.11 Å². The van der Waals surface area contributed by atoms with Gasteiger partial charge in [-0.05, 0) is 35.6 Å². The molecule has 0 amide bonds. The molecule has 0 aliphatic rings. The van der Waals surface area contributed by atoms with E-state index in [4.69, 9.17) is 5.11 Å². The lowest BCUT2D eigenvalue weighted by atomic mass is 9.95. The van der Waals surface area contributed by atoms with Crippen molar-refractivity contribution in [2.24, 2.45) is 0 Å². The minimum Gasteiger partial charge on any atom is -0.481 e. The van der Waals surface area contributed by atoms with Gasteiger partial charge in [0.15, 0.2) is 0 Å². The molecule has 1 unspecified atom stereocenters. The Bertz CT molecular complexity index is 522. The normalized spacial score (nSPS) is 12.3. The minimum absolute atomic E-state index is 0.0526. The third-order valence-electron chi connectivity index (χ3n) is 2.74. The maximum atomic E-state index is 11.0. The number of rotatable bonds is 5. The van der Waals surface area contributed by atoms with E-state index >= 15 is 0 Å². The van der Waals surface area contributed by atoms with Crippen LogP contribution in [-0.4, -0.2) is 11.1 Å². The number of aliphatic carboxylic acids is 1. The maximum Gasteiger partial charge on any atom is 0.304 e. The summed E-state index contributed by atoms with van der Waals surface area (Å²) >= 11 is 5.06. The van der Waals surface area contributed by atoms with Gasteiger partial charge in [-0.3, -0.25) is 4.79 Å². The fourth-order valence-electron chi connectivity index (χ4n) is 1.96. The maximum absolute atomic E-state index is 11.0. The van der Waals surface area contributed by atoms with Crippen LogP contribution in [0.25, 0.3) is 0 Å². The number of carboxylic acids is 1. The Balaban J connectivity index is 2.17. The predicted octanol–water partition coefficient (Wildman–Crippen LogP) is 4.31. The Morgan fingerprint density at radius 3 is 2.78 bits per heavy atom.